The fourth-order valence-electron chi connectivity index (χ4n) is 3.44. The molecular formula is C16H27F2N. The molecule has 0 bridgehead atoms. The van der Waals surface area contributed by atoms with Crippen molar-refractivity contribution >= 4 is 0 Å². The van der Waals surface area contributed by atoms with Gasteiger partial charge in [-0.25, -0.2) is 8.78 Å². The smallest absolute Gasteiger partial charge is 0.248 e. The summed E-state index contributed by atoms with van der Waals surface area (Å²) in [6.07, 6.45) is 9.85. The van der Waals surface area contributed by atoms with Gasteiger partial charge in [0.2, 0.25) is 5.92 Å². The normalized spacial score (nSPS) is 25.9. The third kappa shape index (κ3) is 4.27. The maximum absolute atomic E-state index is 13.3. The Morgan fingerprint density at radius 1 is 1.32 bits per heavy atom. The summed E-state index contributed by atoms with van der Waals surface area (Å²) in [5.74, 6) is -2.00. The first-order valence-electron chi connectivity index (χ1n) is 7.92. The molecule has 0 saturated heterocycles. The van der Waals surface area contributed by atoms with Gasteiger partial charge in [0.15, 0.2) is 0 Å². The fourth-order valence-corrected chi connectivity index (χ4v) is 3.44. The summed E-state index contributed by atoms with van der Waals surface area (Å²) < 4.78 is 26.6. The van der Waals surface area contributed by atoms with Crippen molar-refractivity contribution in [1.29, 1.82) is 0 Å². The van der Waals surface area contributed by atoms with Gasteiger partial charge in [0.05, 0.1) is 0 Å². The van der Waals surface area contributed by atoms with E-state index in [1.807, 2.05) is 0 Å². The van der Waals surface area contributed by atoms with E-state index in [2.05, 4.69) is 18.3 Å². The van der Waals surface area contributed by atoms with Crippen LogP contribution in [-0.4, -0.2) is 18.5 Å². The average Bonchev–Trinajstić information content (AvgIpc) is 2.42. The van der Waals surface area contributed by atoms with E-state index < -0.39 is 5.92 Å². The van der Waals surface area contributed by atoms with Crippen molar-refractivity contribution < 1.29 is 8.78 Å². The lowest BCUT2D eigenvalue weighted by molar-refractivity contribution is -0.0483. The molecule has 0 radical (unpaired) electrons. The van der Waals surface area contributed by atoms with Crippen LogP contribution in [0.2, 0.25) is 0 Å². The molecule has 1 nitrogen and oxygen atoms in total. The molecule has 0 aliphatic heterocycles. The first kappa shape index (κ1) is 15.0. The van der Waals surface area contributed by atoms with E-state index in [1.54, 1.807) is 0 Å². The summed E-state index contributed by atoms with van der Waals surface area (Å²) in [7, 11) is 0. The number of hydrogen-bond donors (Lipinski definition) is 1. The monoisotopic (exact) mass is 271 g/mol. The Bertz CT molecular complexity index is 302. The highest BCUT2D eigenvalue weighted by Gasteiger charge is 2.38. The maximum atomic E-state index is 13.3. The van der Waals surface area contributed by atoms with Gasteiger partial charge in [-0.05, 0) is 57.4 Å². The van der Waals surface area contributed by atoms with Gasteiger partial charge in [-0.3, -0.25) is 0 Å². The van der Waals surface area contributed by atoms with E-state index in [1.165, 1.54) is 24.8 Å². The molecule has 3 heteroatoms. The quantitative estimate of drug-likeness (QED) is 0.716. The van der Waals surface area contributed by atoms with Gasteiger partial charge in [-0.1, -0.05) is 18.6 Å². The van der Waals surface area contributed by atoms with Gasteiger partial charge >= 0.3 is 0 Å². The van der Waals surface area contributed by atoms with Crippen LogP contribution in [0.4, 0.5) is 8.78 Å². The zero-order chi connectivity index (χ0) is 13.7. The summed E-state index contributed by atoms with van der Waals surface area (Å²) in [6, 6.07) is 0.358. The van der Waals surface area contributed by atoms with E-state index in [0.717, 1.165) is 19.4 Å². The average molecular weight is 271 g/mol. The third-order valence-electron chi connectivity index (χ3n) is 4.57. The second-order valence-electron chi connectivity index (χ2n) is 6.15. The Balaban J connectivity index is 1.99. The molecular weight excluding hydrogens is 244 g/mol. The van der Waals surface area contributed by atoms with E-state index in [9.17, 15) is 8.78 Å². The molecule has 0 aromatic heterocycles. The van der Waals surface area contributed by atoms with Crippen molar-refractivity contribution in [2.45, 2.75) is 76.7 Å². The first-order valence-corrected chi connectivity index (χ1v) is 7.92. The van der Waals surface area contributed by atoms with Gasteiger partial charge in [0, 0.05) is 18.9 Å². The Kier molecular flexibility index (Phi) is 5.37. The molecule has 1 saturated carbocycles. The summed E-state index contributed by atoms with van der Waals surface area (Å²) in [5.41, 5.74) is 1.50. The lowest BCUT2D eigenvalue weighted by atomic mass is 9.77. The van der Waals surface area contributed by atoms with Crippen molar-refractivity contribution in [3.63, 3.8) is 0 Å². The van der Waals surface area contributed by atoms with Gasteiger partial charge in [0.1, 0.15) is 0 Å². The molecule has 1 N–H and O–H groups in total. The second kappa shape index (κ2) is 6.83. The van der Waals surface area contributed by atoms with Crippen LogP contribution < -0.4 is 5.32 Å². The van der Waals surface area contributed by atoms with Gasteiger partial charge in [-0.15, -0.1) is 0 Å². The molecule has 1 fully saturated rings. The number of nitrogens with one attached hydrogen (secondary N) is 1. The van der Waals surface area contributed by atoms with Crippen molar-refractivity contribution in [3.05, 3.63) is 11.6 Å². The Morgan fingerprint density at radius 2 is 2.05 bits per heavy atom. The fraction of sp³-hybridized carbons (Fsp3) is 0.875. The molecule has 1 atom stereocenters. The number of hydrogen-bond acceptors (Lipinski definition) is 1. The van der Waals surface area contributed by atoms with Crippen molar-refractivity contribution in [2.24, 2.45) is 5.92 Å². The molecule has 0 aromatic carbocycles. The second-order valence-corrected chi connectivity index (χ2v) is 6.15. The van der Waals surface area contributed by atoms with E-state index in [0.29, 0.717) is 24.8 Å². The van der Waals surface area contributed by atoms with Crippen LogP contribution in [0.5, 0.6) is 0 Å². The van der Waals surface area contributed by atoms with Gasteiger partial charge < -0.3 is 5.32 Å². The minimum Gasteiger partial charge on any atom is -0.310 e. The molecule has 2 aliphatic carbocycles. The summed E-state index contributed by atoms with van der Waals surface area (Å²) in [6.45, 7) is 3.16. The molecule has 110 valence electrons. The SMILES string of the molecule is CCCNC(C1=CCCCC1)C1CCC(F)(F)CC1. The lowest BCUT2D eigenvalue weighted by Gasteiger charge is -2.36. The highest BCUT2D eigenvalue weighted by molar-refractivity contribution is 5.15. The molecule has 0 amide bonds. The molecule has 19 heavy (non-hydrogen) atoms. The van der Waals surface area contributed by atoms with Gasteiger partial charge in [0.25, 0.3) is 0 Å². The van der Waals surface area contributed by atoms with Crippen molar-refractivity contribution in [3.8, 4) is 0 Å². The maximum Gasteiger partial charge on any atom is 0.248 e. The van der Waals surface area contributed by atoms with Crippen molar-refractivity contribution in [1.82, 2.24) is 5.32 Å². The van der Waals surface area contributed by atoms with Crippen LogP contribution in [-0.2, 0) is 0 Å². The highest BCUT2D eigenvalue weighted by atomic mass is 19.3. The number of alkyl halides is 2. The van der Waals surface area contributed by atoms with E-state index >= 15 is 0 Å². The molecule has 2 rings (SSSR count). The van der Waals surface area contributed by atoms with Gasteiger partial charge in [-0.2, -0.15) is 0 Å². The molecule has 0 heterocycles. The highest BCUT2D eigenvalue weighted by Crippen LogP contribution is 2.39. The van der Waals surface area contributed by atoms with Crippen LogP contribution in [0, 0.1) is 5.92 Å². The largest absolute Gasteiger partial charge is 0.310 e. The Hall–Kier alpha value is -0.440. The summed E-state index contributed by atoms with van der Waals surface area (Å²) in [5, 5.41) is 3.62. The minimum atomic E-state index is -2.41. The van der Waals surface area contributed by atoms with E-state index in [4.69, 9.17) is 0 Å². The Morgan fingerprint density at radius 3 is 2.63 bits per heavy atom. The number of halogens is 2. The van der Waals surface area contributed by atoms with E-state index in [-0.39, 0.29) is 12.8 Å². The number of rotatable bonds is 5. The van der Waals surface area contributed by atoms with Crippen LogP contribution in [0.1, 0.15) is 64.7 Å². The van der Waals surface area contributed by atoms with Crippen molar-refractivity contribution in [2.75, 3.05) is 6.54 Å². The third-order valence-corrected chi connectivity index (χ3v) is 4.57. The number of allylic oxidation sites excluding steroid dienone is 1. The standard InChI is InChI=1S/C16H27F2N/c1-2-12-19-15(13-6-4-3-5-7-13)14-8-10-16(17,18)11-9-14/h6,14-15,19H,2-5,7-12H2,1H3. The molecule has 0 aromatic rings. The van der Waals surface area contributed by atoms with Crippen LogP contribution in [0.15, 0.2) is 11.6 Å². The minimum absolute atomic E-state index is 0.0786. The summed E-state index contributed by atoms with van der Waals surface area (Å²) in [4.78, 5) is 0. The molecule has 2 aliphatic rings. The van der Waals surface area contributed by atoms with Crippen LogP contribution >= 0.6 is 0 Å². The lowest BCUT2D eigenvalue weighted by Crippen LogP contribution is -2.42. The first-order chi connectivity index (χ1) is 9.12. The predicted molar refractivity (Wildman–Crippen MR) is 75.5 cm³/mol. The van der Waals surface area contributed by atoms with Crippen LogP contribution in [0.3, 0.4) is 0 Å². The molecule has 1 unspecified atom stereocenters. The summed E-state index contributed by atoms with van der Waals surface area (Å²) >= 11 is 0. The Labute approximate surface area is 115 Å². The molecule has 0 spiro atoms. The topological polar surface area (TPSA) is 12.0 Å². The zero-order valence-corrected chi connectivity index (χ0v) is 12.1. The zero-order valence-electron chi connectivity index (χ0n) is 12.1. The predicted octanol–water partition coefficient (Wildman–Crippen LogP) is 4.68. The van der Waals surface area contributed by atoms with Crippen LogP contribution in [0.25, 0.3) is 0 Å².